The molecule has 5 nitrogen and oxygen atoms in total. The van der Waals surface area contributed by atoms with Gasteiger partial charge in [0.1, 0.15) is 5.65 Å². The van der Waals surface area contributed by atoms with E-state index in [0.29, 0.717) is 24.9 Å². The van der Waals surface area contributed by atoms with Crippen molar-refractivity contribution in [3.8, 4) is 0 Å². The van der Waals surface area contributed by atoms with Crippen LogP contribution in [0.2, 0.25) is 0 Å². The second-order valence-corrected chi connectivity index (χ2v) is 9.69. The van der Waals surface area contributed by atoms with Gasteiger partial charge in [0.15, 0.2) is 0 Å². The molecule has 0 aromatic carbocycles. The number of aromatic nitrogens is 2. The van der Waals surface area contributed by atoms with Crippen molar-refractivity contribution >= 4 is 15.7 Å². The Balaban J connectivity index is 1.88. The molecular formula is C20H31N3O2S. The van der Waals surface area contributed by atoms with Gasteiger partial charge in [0.25, 0.3) is 0 Å². The van der Waals surface area contributed by atoms with E-state index in [1.807, 2.05) is 0 Å². The molecule has 2 aromatic heterocycles. The van der Waals surface area contributed by atoms with E-state index in [-0.39, 0.29) is 0 Å². The maximum absolute atomic E-state index is 11.7. The van der Waals surface area contributed by atoms with E-state index in [1.54, 1.807) is 4.31 Å². The van der Waals surface area contributed by atoms with E-state index in [9.17, 15) is 8.42 Å². The number of fused-ring (bicyclic) bond motifs is 1. The zero-order valence-corrected chi connectivity index (χ0v) is 17.2. The van der Waals surface area contributed by atoms with Crippen LogP contribution < -0.4 is 0 Å². The number of pyridine rings is 1. The van der Waals surface area contributed by atoms with Gasteiger partial charge in [-0.3, -0.25) is 0 Å². The highest BCUT2D eigenvalue weighted by atomic mass is 32.2. The van der Waals surface area contributed by atoms with Crippen LogP contribution in [0.1, 0.15) is 62.9 Å². The summed E-state index contributed by atoms with van der Waals surface area (Å²) in [5.74, 6) is 1.06. The molecule has 0 amide bonds. The third kappa shape index (κ3) is 3.96. The fraction of sp³-hybridized carbons (Fsp3) is 0.650. The Labute approximate surface area is 157 Å². The van der Waals surface area contributed by atoms with Crippen molar-refractivity contribution in [1.29, 1.82) is 0 Å². The fourth-order valence-electron chi connectivity index (χ4n) is 3.89. The van der Waals surface area contributed by atoms with Crippen LogP contribution in [0.4, 0.5) is 0 Å². The summed E-state index contributed by atoms with van der Waals surface area (Å²) < 4.78 is 27.3. The molecule has 0 N–H and O–H groups in total. The first-order chi connectivity index (χ1) is 12.3. The van der Waals surface area contributed by atoms with Crippen LogP contribution in [0.3, 0.4) is 0 Å². The zero-order chi connectivity index (χ0) is 18.9. The molecule has 1 fully saturated rings. The Hall–Kier alpha value is -1.40. The molecule has 0 saturated carbocycles. The largest absolute Gasteiger partial charge is 0.304 e. The molecule has 1 aliphatic heterocycles. The summed E-state index contributed by atoms with van der Waals surface area (Å²) in [6.07, 6.45) is 8.49. The SMILES string of the molecule is CCc1nc2ccc(C3CCN(S(C)(=O)=O)CC3)cn2c1CC(C)CC. The topological polar surface area (TPSA) is 54.7 Å². The maximum Gasteiger partial charge on any atom is 0.211 e. The van der Waals surface area contributed by atoms with Gasteiger partial charge >= 0.3 is 0 Å². The van der Waals surface area contributed by atoms with E-state index in [4.69, 9.17) is 4.98 Å². The number of imidazole rings is 1. The average molecular weight is 378 g/mol. The van der Waals surface area contributed by atoms with Gasteiger partial charge in [0.05, 0.1) is 11.9 Å². The van der Waals surface area contributed by atoms with Crippen molar-refractivity contribution in [1.82, 2.24) is 13.7 Å². The molecule has 3 rings (SSSR count). The number of rotatable bonds is 6. The van der Waals surface area contributed by atoms with Gasteiger partial charge in [-0.1, -0.05) is 33.3 Å². The van der Waals surface area contributed by atoms with E-state index < -0.39 is 10.0 Å². The van der Waals surface area contributed by atoms with Crippen molar-refractivity contribution < 1.29 is 8.42 Å². The summed E-state index contributed by atoms with van der Waals surface area (Å²) in [5.41, 5.74) is 4.87. The summed E-state index contributed by atoms with van der Waals surface area (Å²) in [5, 5.41) is 0. The lowest BCUT2D eigenvalue weighted by Gasteiger charge is -2.30. The zero-order valence-electron chi connectivity index (χ0n) is 16.4. The Kier molecular flexibility index (Phi) is 5.72. The quantitative estimate of drug-likeness (QED) is 0.772. The summed E-state index contributed by atoms with van der Waals surface area (Å²) in [6, 6.07) is 4.30. The van der Waals surface area contributed by atoms with Crippen molar-refractivity contribution in [3.63, 3.8) is 0 Å². The molecule has 0 radical (unpaired) electrons. The van der Waals surface area contributed by atoms with E-state index >= 15 is 0 Å². The van der Waals surface area contributed by atoms with E-state index in [2.05, 4.69) is 43.5 Å². The molecule has 0 bridgehead atoms. The number of nitrogens with zero attached hydrogens (tertiary/aromatic N) is 3. The van der Waals surface area contributed by atoms with Gasteiger partial charge in [-0.05, 0) is 49.1 Å². The monoisotopic (exact) mass is 377 g/mol. The van der Waals surface area contributed by atoms with Crippen molar-refractivity contribution in [2.75, 3.05) is 19.3 Å². The summed E-state index contributed by atoms with van der Waals surface area (Å²) >= 11 is 0. The standard InChI is InChI=1S/C20H31N3O2S/c1-5-15(3)13-19-18(6-2)21-20-8-7-17(14-23(19)20)16-9-11-22(12-10-16)26(4,24)25/h7-8,14-16H,5-6,9-13H2,1-4H3. The smallest absolute Gasteiger partial charge is 0.211 e. The lowest BCUT2D eigenvalue weighted by atomic mass is 9.91. The van der Waals surface area contributed by atoms with Gasteiger partial charge in [-0.25, -0.2) is 17.7 Å². The molecule has 1 aliphatic rings. The van der Waals surface area contributed by atoms with E-state index in [0.717, 1.165) is 31.3 Å². The second kappa shape index (κ2) is 7.69. The number of piperidine rings is 1. The summed E-state index contributed by atoms with van der Waals surface area (Å²) in [6.45, 7) is 7.94. The Morgan fingerprint density at radius 1 is 1.23 bits per heavy atom. The third-order valence-electron chi connectivity index (χ3n) is 5.79. The predicted molar refractivity (Wildman–Crippen MR) is 106 cm³/mol. The van der Waals surface area contributed by atoms with Gasteiger partial charge in [0.2, 0.25) is 10.0 Å². The maximum atomic E-state index is 11.7. The molecule has 0 aliphatic carbocycles. The summed E-state index contributed by atoms with van der Waals surface area (Å²) in [4.78, 5) is 4.82. The predicted octanol–water partition coefficient (Wildman–Crippen LogP) is 3.62. The lowest BCUT2D eigenvalue weighted by molar-refractivity contribution is 0.321. The molecule has 0 spiro atoms. The Bertz CT molecular complexity index is 865. The van der Waals surface area contributed by atoms with Crippen LogP contribution in [-0.4, -0.2) is 41.5 Å². The Morgan fingerprint density at radius 3 is 2.50 bits per heavy atom. The van der Waals surface area contributed by atoms with Gasteiger partial charge in [-0.15, -0.1) is 0 Å². The fourth-order valence-corrected chi connectivity index (χ4v) is 4.77. The first kappa shape index (κ1) is 19.4. The average Bonchev–Trinajstić information content (AvgIpc) is 2.98. The number of aryl methyl sites for hydroxylation is 1. The molecule has 26 heavy (non-hydrogen) atoms. The van der Waals surface area contributed by atoms with Gasteiger partial charge < -0.3 is 4.40 Å². The number of hydrogen-bond donors (Lipinski definition) is 0. The lowest BCUT2D eigenvalue weighted by Crippen LogP contribution is -2.37. The molecule has 2 aromatic rings. The second-order valence-electron chi connectivity index (χ2n) is 7.70. The number of sulfonamides is 1. The highest BCUT2D eigenvalue weighted by Crippen LogP contribution is 2.30. The van der Waals surface area contributed by atoms with Crippen molar-refractivity contribution in [3.05, 3.63) is 35.3 Å². The molecule has 6 heteroatoms. The highest BCUT2D eigenvalue weighted by Gasteiger charge is 2.26. The molecule has 144 valence electrons. The summed E-state index contributed by atoms with van der Waals surface area (Å²) in [7, 11) is -3.07. The third-order valence-corrected chi connectivity index (χ3v) is 7.09. The molecule has 1 atom stereocenters. The number of hydrogen-bond acceptors (Lipinski definition) is 3. The van der Waals surface area contributed by atoms with Crippen molar-refractivity contribution in [2.24, 2.45) is 5.92 Å². The minimum Gasteiger partial charge on any atom is -0.304 e. The first-order valence-electron chi connectivity index (χ1n) is 9.78. The van der Waals surface area contributed by atoms with Crippen molar-refractivity contribution in [2.45, 2.75) is 58.8 Å². The molecular weight excluding hydrogens is 346 g/mol. The van der Waals surface area contributed by atoms with Gasteiger partial charge in [0, 0.05) is 25.0 Å². The molecule has 3 heterocycles. The first-order valence-corrected chi connectivity index (χ1v) is 11.6. The minimum atomic E-state index is -3.07. The van der Waals surface area contributed by atoms with Crippen LogP contribution in [-0.2, 0) is 22.9 Å². The minimum absolute atomic E-state index is 0.418. The van der Waals surface area contributed by atoms with E-state index in [1.165, 1.54) is 29.6 Å². The molecule has 1 saturated heterocycles. The normalized spacial score (nSPS) is 18.5. The highest BCUT2D eigenvalue weighted by molar-refractivity contribution is 7.88. The van der Waals surface area contributed by atoms with Crippen LogP contribution in [0, 0.1) is 5.92 Å². The van der Waals surface area contributed by atoms with Crippen LogP contribution in [0.15, 0.2) is 18.3 Å². The van der Waals surface area contributed by atoms with Crippen LogP contribution in [0.5, 0.6) is 0 Å². The Morgan fingerprint density at radius 2 is 1.92 bits per heavy atom. The molecule has 1 unspecified atom stereocenters. The van der Waals surface area contributed by atoms with Crippen LogP contribution in [0.25, 0.3) is 5.65 Å². The van der Waals surface area contributed by atoms with Crippen LogP contribution >= 0.6 is 0 Å². The van der Waals surface area contributed by atoms with Gasteiger partial charge in [-0.2, -0.15) is 0 Å².